The number of nitrogens with two attached hydrogens (primary N) is 1. The molecule has 1 heterocycles. The van der Waals surface area contributed by atoms with Crippen LogP contribution in [0.15, 0.2) is 24.3 Å². The number of para-hydroxylation sites is 1. The van der Waals surface area contributed by atoms with Crippen molar-refractivity contribution in [3.8, 4) is 6.07 Å². The van der Waals surface area contributed by atoms with Gasteiger partial charge >= 0.3 is 0 Å². The number of anilines is 1. The SMILES string of the molecule is CC(N)CN(C)C1CCN(c2ccccc2C#N)CC1. The number of piperidine rings is 1. The van der Waals surface area contributed by atoms with E-state index in [1.54, 1.807) is 0 Å². The van der Waals surface area contributed by atoms with Crippen LogP contribution >= 0.6 is 0 Å². The second-order valence-electron chi connectivity index (χ2n) is 5.76. The first kappa shape index (κ1) is 14.8. The van der Waals surface area contributed by atoms with Gasteiger partial charge in [-0.2, -0.15) is 5.26 Å². The Morgan fingerprint density at radius 2 is 2.05 bits per heavy atom. The van der Waals surface area contributed by atoms with Crippen LogP contribution in [-0.4, -0.2) is 43.7 Å². The van der Waals surface area contributed by atoms with E-state index in [-0.39, 0.29) is 6.04 Å². The molecule has 4 heteroatoms. The lowest BCUT2D eigenvalue weighted by atomic mass is 10.0. The van der Waals surface area contributed by atoms with Crippen LogP contribution < -0.4 is 10.6 Å². The lowest BCUT2D eigenvalue weighted by Gasteiger charge is -2.38. The molecule has 108 valence electrons. The number of hydrogen-bond donors (Lipinski definition) is 1. The van der Waals surface area contributed by atoms with Crippen molar-refractivity contribution in [2.24, 2.45) is 5.73 Å². The molecule has 0 aromatic heterocycles. The fourth-order valence-electron chi connectivity index (χ4n) is 2.99. The Labute approximate surface area is 121 Å². The van der Waals surface area contributed by atoms with Crippen molar-refractivity contribution >= 4 is 5.69 Å². The van der Waals surface area contributed by atoms with E-state index in [4.69, 9.17) is 5.73 Å². The molecule has 1 aliphatic rings. The Morgan fingerprint density at radius 1 is 1.40 bits per heavy atom. The average molecular weight is 272 g/mol. The zero-order valence-corrected chi connectivity index (χ0v) is 12.4. The number of nitrogens with zero attached hydrogens (tertiary/aromatic N) is 3. The molecule has 0 amide bonds. The minimum absolute atomic E-state index is 0.220. The zero-order valence-electron chi connectivity index (χ0n) is 12.4. The summed E-state index contributed by atoms with van der Waals surface area (Å²) < 4.78 is 0. The smallest absolute Gasteiger partial charge is 0.101 e. The molecule has 2 rings (SSSR count). The molecule has 1 atom stereocenters. The van der Waals surface area contributed by atoms with Gasteiger partial charge in [-0.05, 0) is 38.9 Å². The molecule has 0 spiro atoms. The van der Waals surface area contributed by atoms with Crippen LogP contribution in [0.1, 0.15) is 25.3 Å². The van der Waals surface area contributed by atoms with Gasteiger partial charge in [-0.25, -0.2) is 0 Å². The van der Waals surface area contributed by atoms with Crippen molar-refractivity contribution in [2.75, 3.05) is 31.6 Å². The summed E-state index contributed by atoms with van der Waals surface area (Å²) in [6, 6.07) is 11.0. The van der Waals surface area contributed by atoms with Crippen LogP contribution in [0.4, 0.5) is 5.69 Å². The number of benzene rings is 1. The first-order valence-corrected chi connectivity index (χ1v) is 7.31. The molecule has 0 bridgehead atoms. The maximum absolute atomic E-state index is 9.19. The summed E-state index contributed by atoms with van der Waals surface area (Å²) >= 11 is 0. The molecule has 0 saturated carbocycles. The van der Waals surface area contributed by atoms with Crippen molar-refractivity contribution in [2.45, 2.75) is 31.8 Å². The number of rotatable bonds is 4. The van der Waals surface area contributed by atoms with E-state index in [0.717, 1.165) is 43.7 Å². The number of hydrogen-bond acceptors (Lipinski definition) is 4. The molecular formula is C16H24N4. The summed E-state index contributed by atoms with van der Waals surface area (Å²) in [5, 5.41) is 9.19. The van der Waals surface area contributed by atoms with Crippen molar-refractivity contribution < 1.29 is 0 Å². The van der Waals surface area contributed by atoms with Crippen LogP contribution in [-0.2, 0) is 0 Å². The molecule has 1 unspecified atom stereocenters. The average Bonchev–Trinajstić information content (AvgIpc) is 2.46. The van der Waals surface area contributed by atoms with Gasteiger partial charge in [0.2, 0.25) is 0 Å². The van der Waals surface area contributed by atoms with Gasteiger partial charge in [0.15, 0.2) is 0 Å². The van der Waals surface area contributed by atoms with E-state index in [1.165, 1.54) is 0 Å². The maximum atomic E-state index is 9.19. The minimum atomic E-state index is 0.220. The van der Waals surface area contributed by atoms with Crippen molar-refractivity contribution in [3.63, 3.8) is 0 Å². The van der Waals surface area contributed by atoms with Crippen LogP contribution in [0.25, 0.3) is 0 Å². The van der Waals surface area contributed by atoms with E-state index in [0.29, 0.717) is 6.04 Å². The first-order valence-electron chi connectivity index (χ1n) is 7.31. The Kier molecular flexibility index (Phi) is 4.99. The molecule has 0 aliphatic carbocycles. The van der Waals surface area contributed by atoms with Gasteiger partial charge < -0.3 is 15.5 Å². The largest absolute Gasteiger partial charge is 0.370 e. The van der Waals surface area contributed by atoms with Gasteiger partial charge in [0.25, 0.3) is 0 Å². The Balaban J connectivity index is 1.96. The predicted octanol–water partition coefficient (Wildman–Crippen LogP) is 1.81. The summed E-state index contributed by atoms with van der Waals surface area (Å²) in [7, 11) is 2.16. The third-order valence-electron chi connectivity index (χ3n) is 4.03. The molecule has 1 saturated heterocycles. The summed E-state index contributed by atoms with van der Waals surface area (Å²) in [5.74, 6) is 0. The standard InChI is InChI=1S/C16H24N4/c1-13(18)12-19(2)15-7-9-20(10-8-15)16-6-4-3-5-14(16)11-17/h3-6,13,15H,7-10,12,18H2,1-2H3. The molecule has 20 heavy (non-hydrogen) atoms. The summed E-state index contributed by atoms with van der Waals surface area (Å²) in [6.45, 7) is 5.01. The van der Waals surface area contributed by atoms with E-state index in [1.807, 2.05) is 24.3 Å². The fourth-order valence-corrected chi connectivity index (χ4v) is 2.99. The highest BCUT2D eigenvalue weighted by Crippen LogP contribution is 2.25. The molecule has 1 aliphatic heterocycles. The van der Waals surface area contributed by atoms with E-state index in [2.05, 4.69) is 29.8 Å². The molecule has 2 N–H and O–H groups in total. The summed E-state index contributed by atoms with van der Waals surface area (Å²) in [4.78, 5) is 4.70. The van der Waals surface area contributed by atoms with Crippen molar-refractivity contribution in [3.05, 3.63) is 29.8 Å². The van der Waals surface area contributed by atoms with Crippen LogP contribution in [0.3, 0.4) is 0 Å². The molecule has 0 radical (unpaired) electrons. The quantitative estimate of drug-likeness (QED) is 0.908. The normalized spacial score (nSPS) is 18.1. The molecule has 1 aromatic carbocycles. The van der Waals surface area contributed by atoms with Gasteiger partial charge in [0.1, 0.15) is 6.07 Å². The van der Waals surface area contributed by atoms with E-state index >= 15 is 0 Å². The number of nitriles is 1. The van der Waals surface area contributed by atoms with Crippen molar-refractivity contribution in [1.82, 2.24) is 4.90 Å². The maximum Gasteiger partial charge on any atom is 0.101 e. The Hall–Kier alpha value is -1.57. The molecule has 1 aromatic rings. The van der Waals surface area contributed by atoms with Gasteiger partial charge in [-0.1, -0.05) is 12.1 Å². The Bertz CT molecular complexity index is 470. The third kappa shape index (κ3) is 3.50. The highest BCUT2D eigenvalue weighted by atomic mass is 15.2. The van der Waals surface area contributed by atoms with Gasteiger partial charge in [-0.3, -0.25) is 0 Å². The van der Waals surface area contributed by atoms with Gasteiger partial charge in [-0.15, -0.1) is 0 Å². The highest BCUT2D eigenvalue weighted by Gasteiger charge is 2.23. The second-order valence-corrected chi connectivity index (χ2v) is 5.76. The zero-order chi connectivity index (χ0) is 14.5. The lowest BCUT2D eigenvalue weighted by molar-refractivity contribution is 0.200. The monoisotopic (exact) mass is 272 g/mol. The molecular weight excluding hydrogens is 248 g/mol. The third-order valence-corrected chi connectivity index (χ3v) is 4.03. The van der Waals surface area contributed by atoms with E-state index in [9.17, 15) is 5.26 Å². The lowest BCUT2D eigenvalue weighted by Crippen LogP contribution is -2.46. The van der Waals surface area contributed by atoms with Gasteiger partial charge in [0, 0.05) is 31.7 Å². The number of likely N-dealkylation sites (N-methyl/N-ethyl adjacent to an activating group) is 1. The molecule has 1 fully saturated rings. The Morgan fingerprint density at radius 3 is 2.65 bits per heavy atom. The predicted molar refractivity (Wildman–Crippen MR) is 82.7 cm³/mol. The van der Waals surface area contributed by atoms with Crippen LogP contribution in [0, 0.1) is 11.3 Å². The highest BCUT2D eigenvalue weighted by molar-refractivity contribution is 5.59. The van der Waals surface area contributed by atoms with E-state index < -0.39 is 0 Å². The van der Waals surface area contributed by atoms with Crippen LogP contribution in [0.2, 0.25) is 0 Å². The molecule has 4 nitrogen and oxygen atoms in total. The summed E-state index contributed by atoms with van der Waals surface area (Å²) in [6.07, 6.45) is 2.26. The van der Waals surface area contributed by atoms with Crippen LogP contribution in [0.5, 0.6) is 0 Å². The second kappa shape index (κ2) is 6.74. The van der Waals surface area contributed by atoms with Crippen molar-refractivity contribution in [1.29, 1.82) is 5.26 Å². The first-order chi connectivity index (χ1) is 9.61. The minimum Gasteiger partial charge on any atom is -0.370 e. The topological polar surface area (TPSA) is 56.3 Å². The van der Waals surface area contributed by atoms with Gasteiger partial charge in [0.05, 0.1) is 11.3 Å². The fraction of sp³-hybridized carbons (Fsp3) is 0.562. The summed E-state index contributed by atoms with van der Waals surface area (Å²) in [5.41, 5.74) is 7.71.